The molecule has 88 valence electrons. The van der Waals surface area contributed by atoms with Gasteiger partial charge in [-0.05, 0) is 12.1 Å². The molecule has 1 aromatic heterocycles. The number of hydrogen-bond donors (Lipinski definition) is 0. The van der Waals surface area contributed by atoms with Crippen molar-refractivity contribution in [3.8, 4) is 11.1 Å². The summed E-state index contributed by atoms with van der Waals surface area (Å²) in [6.45, 7) is 0. The Hall–Kier alpha value is -0.970. The van der Waals surface area contributed by atoms with Crippen molar-refractivity contribution in [2.45, 2.75) is 0 Å². The number of rotatable bonds is 1. The highest BCUT2D eigenvalue weighted by Crippen LogP contribution is 2.36. The molecule has 0 spiro atoms. The van der Waals surface area contributed by atoms with Gasteiger partial charge in [-0.1, -0.05) is 34.8 Å². The highest BCUT2D eigenvalue weighted by Gasteiger charge is 2.15. The van der Waals surface area contributed by atoms with E-state index in [0.717, 1.165) is 6.20 Å². The van der Waals surface area contributed by atoms with Crippen molar-refractivity contribution in [1.82, 2.24) is 9.97 Å². The zero-order chi connectivity index (χ0) is 12.6. The molecule has 0 aliphatic heterocycles. The lowest BCUT2D eigenvalue weighted by Gasteiger charge is -2.07. The maximum absolute atomic E-state index is 13.4. The van der Waals surface area contributed by atoms with E-state index in [1.54, 1.807) is 0 Å². The van der Waals surface area contributed by atoms with Crippen LogP contribution in [0.4, 0.5) is 8.78 Å². The molecule has 1 aromatic carbocycles. The largest absolute Gasteiger partial charge is 0.311 e. The first-order chi connectivity index (χ1) is 7.99. The Morgan fingerprint density at radius 3 is 2.35 bits per heavy atom. The maximum Gasteiger partial charge on any atom is 0.311 e. The molecule has 0 unspecified atom stereocenters. The lowest BCUT2D eigenvalue weighted by molar-refractivity contribution is 0.485. The third-order valence-corrected chi connectivity index (χ3v) is 3.02. The molecule has 2 nitrogen and oxygen atoms in total. The SMILES string of the molecule is Fc1ncc(-c2cc(Cl)cc(Cl)c2Cl)c(F)n1. The summed E-state index contributed by atoms with van der Waals surface area (Å²) < 4.78 is 26.0. The third kappa shape index (κ3) is 2.49. The fourth-order valence-electron chi connectivity index (χ4n) is 1.27. The lowest BCUT2D eigenvalue weighted by Crippen LogP contribution is -1.96. The Morgan fingerprint density at radius 1 is 1.00 bits per heavy atom. The van der Waals surface area contributed by atoms with Crippen LogP contribution in [0.15, 0.2) is 18.3 Å². The van der Waals surface area contributed by atoms with Gasteiger partial charge in [0.15, 0.2) is 0 Å². The minimum atomic E-state index is -1.16. The molecule has 2 rings (SSSR count). The van der Waals surface area contributed by atoms with E-state index in [1.165, 1.54) is 12.1 Å². The second kappa shape index (κ2) is 4.72. The second-order valence-electron chi connectivity index (χ2n) is 3.09. The van der Waals surface area contributed by atoms with Crippen molar-refractivity contribution in [2.24, 2.45) is 0 Å². The lowest BCUT2D eigenvalue weighted by atomic mass is 10.1. The van der Waals surface area contributed by atoms with Gasteiger partial charge < -0.3 is 0 Å². The molecule has 1 heterocycles. The minimum Gasteiger partial charge on any atom is -0.210 e. The summed E-state index contributed by atoms with van der Waals surface area (Å²) in [4.78, 5) is 6.22. The minimum absolute atomic E-state index is 0.0687. The van der Waals surface area contributed by atoms with Gasteiger partial charge in [0.05, 0.1) is 15.6 Å². The van der Waals surface area contributed by atoms with Crippen molar-refractivity contribution in [3.63, 3.8) is 0 Å². The molecule has 0 atom stereocenters. The fraction of sp³-hybridized carbons (Fsp3) is 0. The molecule has 0 aliphatic carbocycles. The van der Waals surface area contributed by atoms with Gasteiger partial charge in [-0.25, -0.2) is 4.98 Å². The number of hydrogen-bond acceptors (Lipinski definition) is 2. The highest BCUT2D eigenvalue weighted by molar-refractivity contribution is 6.45. The second-order valence-corrected chi connectivity index (χ2v) is 4.31. The van der Waals surface area contributed by atoms with Gasteiger partial charge in [0, 0.05) is 16.8 Å². The van der Waals surface area contributed by atoms with Gasteiger partial charge in [0.25, 0.3) is 0 Å². The fourth-order valence-corrected chi connectivity index (χ4v) is 1.98. The van der Waals surface area contributed by atoms with E-state index in [-0.39, 0.29) is 26.2 Å². The average Bonchev–Trinajstić information content (AvgIpc) is 2.24. The van der Waals surface area contributed by atoms with Crippen molar-refractivity contribution >= 4 is 34.8 Å². The van der Waals surface area contributed by atoms with E-state index in [4.69, 9.17) is 34.8 Å². The Kier molecular flexibility index (Phi) is 3.47. The number of nitrogens with zero attached hydrogens (tertiary/aromatic N) is 2. The van der Waals surface area contributed by atoms with Crippen molar-refractivity contribution in [1.29, 1.82) is 0 Å². The van der Waals surface area contributed by atoms with Crippen LogP contribution >= 0.6 is 34.8 Å². The number of aromatic nitrogens is 2. The van der Waals surface area contributed by atoms with Crippen LogP contribution in [-0.4, -0.2) is 9.97 Å². The van der Waals surface area contributed by atoms with Crippen LogP contribution < -0.4 is 0 Å². The van der Waals surface area contributed by atoms with E-state index < -0.39 is 12.0 Å². The Bertz CT molecular complexity index is 590. The molecular formula is C10H3Cl3F2N2. The summed E-state index contributed by atoms with van der Waals surface area (Å²) in [6, 6.07) is 2.81. The van der Waals surface area contributed by atoms with E-state index in [2.05, 4.69) is 9.97 Å². The summed E-state index contributed by atoms with van der Waals surface area (Å²) in [5.41, 5.74) is 0.141. The molecule has 7 heteroatoms. The van der Waals surface area contributed by atoms with Gasteiger partial charge in [-0.2, -0.15) is 13.8 Å². The predicted molar refractivity (Wildman–Crippen MR) is 62.4 cm³/mol. The summed E-state index contributed by atoms with van der Waals surface area (Å²) >= 11 is 17.5. The van der Waals surface area contributed by atoms with Crippen LogP contribution in [0.5, 0.6) is 0 Å². The van der Waals surface area contributed by atoms with E-state index in [9.17, 15) is 8.78 Å². The first-order valence-electron chi connectivity index (χ1n) is 4.32. The first-order valence-corrected chi connectivity index (χ1v) is 5.45. The monoisotopic (exact) mass is 294 g/mol. The topological polar surface area (TPSA) is 25.8 Å². The maximum atomic E-state index is 13.4. The number of benzene rings is 1. The van der Waals surface area contributed by atoms with Crippen LogP contribution in [0.2, 0.25) is 15.1 Å². The Labute approximate surface area is 110 Å². The molecule has 0 aliphatic rings. The van der Waals surface area contributed by atoms with Crippen molar-refractivity contribution in [3.05, 3.63) is 45.4 Å². The van der Waals surface area contributed by atoms with Crippen LogP contribution in [0.25, 0.3) is 11.1 Å². The molecule has 0 bridgehead atoms. The normalized spacial score (nSPS) is 10.6. The Morgan fingerprint density at radius 2 is 1.71 bits per heavy atom. The van der Waals surface area contributed by atoms with E-state index in [1.807, 2.05) is 0 Å². The summed E-state index contributed by atoms with van der Waals surface area (Å²) in [5.74, 6) is -1.03. The summed E-state index contributed by atoms with van der Waals surface area (Å²) in [5, 5.41) is 0.543. The highest BCUT2D eigenvalue weighted by atomic mass is 35.5. The smallest absolute Gasteiger partial charge is 0.210 e. The van der Waals surface area contributed by atoms with Gasteiger partial charge in [-0.15, -0.1) is 0 Å². The van der Waals surface area contributed by atoms with Gasteiger partial charge >= 0.3 is 6.08 Å². The van der Waals surface area contributed by atoms with E-state index >= 15 is 0 Å². The summed E-state index contributed by atoms with van der Waals surface area (Å²) in [6.07, 6.45) is -0.179. The van der Waals surface area contributed by atoms with E-state index in [0.29, 0.717) is 0 Å². The van der Waals surface area contributed by atoms with Crippen LogP contribution in [0.3, 0.4) is 0 Å². The zero-order valence-electron chi connectivity index (χ0n) is 8.02. The van der Waals surface area contributed by atoms with Crippen LogP contribution in [0.1, 0.15) is 0 Å². The van der Waals surface area contributed by atoms with Crippen LogP contribution in [-0.2, 0) is 0 Å². The molecule has 2 aromatic rings. The molecule has 0 amide bonds. The van der Waals surface area contributed by atoms with Crippen molar-refractivity contribution < 1.29 is 8.78 Å². The molecule has 0 saturated carbocycles. The molecule has 0 N–H and O–H groups in total. The average molecular weight is 296 g/mol. The Balaban J connectivity index is 2.68. The van der Waals surface area contributed by atoms with Gasteiger partial charge in [0.2, 0.25) is 5.95 Å². The van der Waals surface area contributed by atoms with Crippen molar-refractivity contribution in [2.75, 3.05) is 0 Å². The standard InChI is InChI=1S/C10H3Cl3F2N2/c11-4-1-5(8(13)7(12)2-4)6-3-16-10(15)17-9(6)14/h1-3H. The quantitative estimate of drug-likeness (QED) is 0.443. The zero-order valence-corrected chi connectivity index (χ0v) is 10.3. The molecule has 0 saturated heterocycles. The third-order valence-electron chi connectivity index (χ3n) is 2.00. The number of halogens is 5. The molecule has 17 heavy (non-hydrogen) atoms. The molecular weight excluding hydrogens is 292 g/mol. The predicted octanol–water partition coefficient (Wildman–Crippen LogP) is 4.38. The van der Waals surface area contributed by atoms with Gasteiger partial charge in [0.1, 0.15) is 0 Å². The van der Waals surface area contributed by atoms with Gasteiger partial charge in [-0.3, -0.25) is 0 Å². The first kappa shape index (κ1) is 12.5. The summed E-state index contributed by atoms with van der Waals surface area (Å²) in [7, 11) is 0. The van der Waals surface area contributed by atoms with Crippen LogP contribution in [0, 0.1) is 12.0 Å². The molecule has 0 radical (unpaired) electrons. The molecule has 0 fully saturated rings.